The lowest BCUT2D eigenvalue weighted by Gasteiger charge is -2.37. The maximum absolute atomic E-state index is 13.5. The van der Waals surface area contributed by atoms with Gasteiger partial charge in [0.05, 0.1) is 16.1 Å². The molecule has 0 atom stereocenters. The number of aryl methyl sites for hydroxylation is 1. The Balaban J connectivity index is 1.55. The van der Waals surface area contributed by atoms with Gasteiger partial charge in [-0.15, -0.1) is 0 Å². The van der Waals surface area contributed by atoms with Crippen LogP contribution in [0.1, 0.15) is 50.5 Å². The van der Waals surface area contributed by atoms with Crippen LogP contribution in [0.15, 0.2) is 66.7 Å². The molecule has 3 amide bonds. The normalized spacial score (nSPS) is 13.3. The van der Waals surface area contributed by atoms with Gasteiger partial charge in [-0.05, 0) is 63.2 Å². The Morgan fingerprint density at radius 3 is 2.16 bits per heavy atom. The Kier molecular flexibility index (Phi) is 8.69. The van der Waals surface area contributed by atoms with E-state index in [0.29, 0.717) is 66.7 Å². The fourth-order valence-electron chi connectivity index (χ4n) is 4.61. The number of amides is 3. The number of hydrogen-bond acceptors (Lipinski definition) is 4. The number of carbonyl (C=O) groups is 3. The summed E-state index contributed by atoms with van der Waals surface area (Å²) in [6.45, 7) is 9.33. The lowest BCUT2D eigenvalue weighted by molar-refractivity contribution is 0.0740. The van der Waals surface area contributed by atoms with E-state index in [1.54, 1.807) is 41.3 Å². The third-order valence-corrected chi connectivity index (χ3v) is 7.19. The standard InChI is InChI=1S/C30H33ClN4O3/c1-4-33(5-2)30(38)25-20-23(32-28(36)24-8-6-7-9-26(24)31)14-15-27(25)34-16-18-35(19-17-34)29(37)22-12-10-21(3)11-13-22/h6-15,20H,4-5,16-19H2,1-3H3,(H,32,36). The van der Waals surface area contributed by atoms with Crippen LogP contribution in [0.3, 0.4) is 0 Å². The molecule has 3 aromatic rings. The molecule has 0 aliphatic carbocycles. The molecule has 7 nitrogen and oxygen atoms in total. The second-order valence-electron chi connectivity index (χ2n) is 9.29. The van der Waals surface area contributed by atoms with E-state index in [0.717, 1.165) is 11.3 Å². The highest BCUT2D eigenvalue weighted by Gasteiger charge is 2.26. The van der Waals surface area contributed by atoms with Crippen molar-refractivity contribution in [3.8, 4) is 0 Å². The highest BCUT2D eigenvalue weighted by atomic mass is 35.5. The molecule has 1 aliphatic heterocycles. The number of benzene rings is 3. The molecule has 8 heteroatoms. The Morgan fingerprint density at radius 2 is 1.53 bits per heavy atom. The van der Waals surface area contributed by atoms with Gasteiger partial charge in [-0.2, -0.15) is 0 Å². The first-order valence-electron chi connectivity index (χ1n) is 12.9. The number of piperazine rings is 1. The first-order chi connectivity index (χ1) is 18.3. The van der Waals surface area contributed by atoms with E-state index in [1.165, 1.54) is 0 Å². The summed E-state index contributed by atoms with van der Waals surface area (Å²) in [7, 11) is 0. The Labute approximate surface area is 229 Å². The SMILES string of the molecule is CCN(CC)C(=O)c1cc(NC(=O)c2ccccc2Cl)ccc1N1CCN(C(=O)c2ccc(C)cc2)CC1. The molecule has 0 saturated carbocycles. The predicted octanol–water partition coefficient (Wildman–Crippen LogP) is 5.35. The molecule has 38 heavy (non-hydrogen) atoms. The van der Waals surface area contributed by atoms with Gasteiger partial charge in [-0.1, -0.05) is 41.4 Å². The topological polar surface area (TPSA) is 73.0 Å². The summed E-state index contributed by atoms with van der Waals surface area (Å²) in [6, 6.07) is 19.9. The fraction of sp³-hybridized carbons (Fsp3) is 0.300. The number of rotatable bonds is 7. The lowest BCUT2D eigenvalue weighted by Crippen LogP contribution is -2.49. The number of nitrogens with one attached hydrogen (secondary N) is 1. The van der Waals surface area contributed by atoms with Gasteiger partial charge in [0.1, 0.15) is 0 Å². The number of carbonyl (C=O) groups excluding carboxylic acids is 3. The molecule has 0 aromatic heterocycles. The summed E-state index contributed by atoms with van der Waals surface area (Å²) in [5, 5.41) is 3.24. The molecule has 1 aliphatic rings. The van der Waals surface area contributed by atoms with Crippen molar-refractivity contribution < 1.29 is 14.4 Å². The van der Waals surface area contributed by atoms with E-state index in [1.807, 2.05) is 56.0 Å². The van der Waals surface area contributed by atoms with Gasteiger partial charge in [0.25, 0.3) is 17.7 Å². The summed E-state index contributed by atoms with van der Waals surface area (Å²) in [6.07, 6.45) is 0. The van der Waals surface area contributed by atoms with Crippen molar-refractivity contribution in [2.45, 2.75) is 20.8 Å². The van der Waals surface area contributed by atoms with Crippen molar-refractivity contribution in [2.75, 3.05) is 49.5 Å². The zero-order chi connectivity index (χ0) is 27.2. The van der Waals surface area contributed by atoms with Gasteiger partial charge in [-0.3, -0.25) is 14.4 Å². The van der Waals surface area contributed by atoms with Crippen LogP contribution in [-0.2, 0) is 0 Å². The highest BCUT2D eigenvalue weighted by Crippen LogP contribution is 2.28. The van der Waals surface area contributed by atoms with Gasteiger partial charge in [0.15, 0.2) is 0 Å². The second kappa shape index (κ2) is 12.1. The second-order valence-corrected chi connectivity index (χ2v) is 9.70. The monoisotopic (exact) mass is 532 g/mol. The predicted molar refractivity (Wildman–Crippen MR) is 152 cm³/mol. The van der Waals surface area contributed by atoms with Crippen LogP contribution < -0.4 is 10.2 Å². The van der Waals surface area contributed by atoms with Gasteiger partial charge in [-0.25, -0.2) is 0 Å². The maximum Gasteiger partial charge on any atom is 0.257 e. The third-order valence-electron chi connectivity index (χ3n) is 6.86. The zero-order valence-corrected chi connectivity index (χ0v) is 22.8. The van der Waals surface area contributed by atoms with Crippen LogP contribution in [-0.4, -0.2) is 66.8 Å². The molecule has 198 valence electrons. The van der Waals surface area contributed by atoms with E-state index in [4.69, 9.17) is 11.6 Å². The van der Waals surface area contributed by atoms with Crippen molar-refractivity contribution in [3.63, 3.8) is 0 Å². The van der Waals surface area contributed by atoms with Gasteiger partial charge < -0.3 is 20.0 Å². The Morgan fingerprint density at radius 1 is 0.868 bits per heavy atom. The van der Waals surface area contributed by atoms with Crippen LogP contribution >= 0.6 is 11.6 Å². The fourth-order valence-corrected chi connectivity index (χ4v) is 4.84. The quantitative estimate of drug-likeness (QED) is 0.445. The van der Waals surface area contributed by atoms with E-state index in [-0.39, 0.29) is 17.7 Å². The molecule has 1 saturated heterocycles. The number of hydrogen-bond donors (Lipinski definition) is 1. The molecule has 0 bridgehead atoms. The largest absolute Gasteiger partial charge is 0.367 e. The maximum atomic E-state index is 13.5. The molecule has 0 spiro atoms. The summed E-state index contributed by atoms with van der Waals surface area (Å²) < 4.78 is 0. The van der Waals surface area contributed by atoms with Crippen LogP contribution in [0, 0.1) is 6.92 Å². The van der Waals surface area contributed by atoms with Crippen LogP contribution in [0.2, 0.25) is 5.02 Å². The summed E-state index contributed by atoms with van der Waals surface area (Å²) in [5.41, 5.74) is 3.99. The van der Waals surface area contributed by atoms with E-state index >= 15 is 0 Å². The minimum atomic E-state index is -0.340. The summed E-state index contributed by atoms with van der Waals surface area (Å²) in [4.78, 5) is 45.1. The highest BCUT2D eigenvalue weighted by molar-refractivity contribution is 6.34. The van der Waals surface area contributed by atoms with Gasteiger partial charge in [0, 0.05) is 56.2 Å². The van der Waals surface area contributed by atoms with E-state index in [9.17, 15) is 14.4 Å². The average molecular weight is 533 g/mol. The molecule has 3 aromatic carbocycles. The first-order valence-corrected chi connectivity index (χ1v) is 13.3. The van der Waals surface area contributed by atoms with Crippen LogP contribution in [0.5, 0.6) is 0 Å². The first kappa shape index (κ1) is 27.2. The zero-order valence-electron chi connectivity index (χ0n) is 22.0. The number of halogens is 1. The molecular formula is C30H33ClN4O3. The third kappa shape index (κ3) is 6.00. The molecular weight excluding hydrogens is 500 g/mol. The van der Waals surface area contributed by atoms with E-state index in [2.05, 4.69) is 10.2 Å². The minimum Gasteiger partial charge on any atom is -0.367 e. The van der Waals surface area contributed by atoms with Crippen molar-refractivity contribution in [1.82, 2.24) is 9.80 Å². The Bertz CT molecular complexity index is 1310. The van der Waals surface area contributed by atoms with Crippen molar-refractivity contribution in [3.05, 3.63) is 94.0 Å². The Hall–Kier alpha value is -3.84. The van der Waals surface area contributed by atoms with Crippen molar-refractivity contribution >= 4 is 40.7 Å². The van der Waals surface area contributed by atoms with Crippen molar-refractivity contribution in [2.24, 2.45) is 0 Å². The van der Waals surface area contributed by atoms with E-state index < -0.39 is 0 Å². The van der Waals surface area contributed by atoms with Crippen LogP contribution in [0.25, 0.3) is 0 Å². The van der Waals surface area contributed by atoms with Crippen LogP contribution in [0.4, 0.5) is 11.4 Å². The minimum absolute atomic E-state index is 0.0155. The summed E-state index contributed by atoms with van der Waals surface area (Å²) >= 11 is 6.20. The lowest BCUT2D eigenvalue weighted by atomic mass is 10.1. The molecule has 1 N–H and O–H groups in total. The number of nitrogens with zero attached hydrogens (tertiary/aromatic N) is 3. The smallest absolute Gasteiger partial charge is 0.257 e. The molecule has 1 heterocycles. The average Bonchev–Trinajstić information content (AvgIpc) is 2.94. The number of anilines is 2. The summed E-state index contributed by atoms with van der Waals surface area (Å²) in [5.74, 6) is -0.424. The van der Waals surface area contributed by atoms with Crippen molar-refractivity contribution in [1.29, 1.82) is 0 Å². The molecule has 0 unspecified atom stereocenters. The molecule has 0 radical (unpaired) electrons. The molecule has 4 rings (SSSR count). The van der Waals surface area contributed by atoms with Gasteiger partial charge >= 0.3 is 0 Å². The molecule has 1 fully saturated rings. The van der Waals surface area contributed by atoms with Gasteiger partial charge in [0.2, 0.25) is 0 Å².